The molecule has 25 heavy (non-hydrogen) atoms. The van der Waals surface area contributed by atoms with E-state index in [0.29, 0.717) is 0 Å². The van der Waals surface area contributed by atoms with Crippen molar-refractivity contribution in [3.63, 3.8) is 0 Å². The van der Waals surface area contributed by atoms with Gasteiger partial charge in [0.1, 0.15) is 0 Å². The SMILES string of the molecule is CCCCCCCCCCCCCCC[Si](CCCCC)(OC)OC. The standard InChI is InChI=1S/C22H48O2Si/c1-5-7-9-10-11-12-13-14-15-16-17-18-20-22-25(23-3,24-4)21-19-8-6-2/h5-22H2,1-4H3. The second-order valence-electron chi connectivity index (χ2n) is 7.77. The fraction of sp³-hybridized carbons (Fsp3) is 1.00. The van der Waals surface area contributed by atoms with Crippen LogP contribution in [0.25, 0.3) is 0 Å². The minimum absolute atomic E-state index is 1.17. The molecule has 0 aromatic heterocycles. The molecule has 152 valence electrons. The number of unbranched alkanes of at least 4 members (excludes halogenated alkanes) is 14. The van der Waals surface area contributed by atoms with Crippen molar-refractivity contribution in [2.45, 2.75) is 129 Å². The summed E-state index contributed by atoms with van der Waals surface area (Å²) in [5, 5.41) is 0. The van der Waals surface area contributed by atoms with Crippen LogP contribution in [0.1, 0.15) is 117 Å². The van der Waals surface area contributed by atoms with Crippen molar-refractivity contribution in [1.29, 1.82) is 0 Å². The first-order chi connectivity index (χ1) is 12.2. The zero-order valence-electron chi connectivity index (χ0n) is 18.0. The molecule has 0 spiro atoms. The van der Waals surface area contributed by atoms with Gasteiger partial charge in [-0.05, 0) is 12.1 Å². The van der Waals surface area contributed by atoms with Gasteiger partial charge in [-0.25, -0.2) is 0 Å². The van der Waals surface area contributed by atoms with Gasteiger partial charge in [0.25, 0.3) is 0 Å². The molecule has 0 aromatic rings. The summed E-state index contributed by atoms with van der Waals surface area (Å²) in [5.41, 5.74) is 0. The summed E-state index contributed by atoms with van der Waals surface area (Å²) in [5.74, 6) is 0. The van der Waals surface area contributed by atoms with Crippen LogP contribution in [0.4, 0.5) is 0 Å². The Morgan fingerprint density at radius 2 is 0.720 bits per heavy atom. The number of rotatable bonds is 20. The molecule has 0 amide bonds. The summed E-state index contributed by atoms with van der Waals surface area (Å²) in [6.07, 6.45) is 22.2. The Balaban J connectivity index is 3.48. The molecule has 0 aliphatic heterocycles. The maximum atomic E-state index is 5.86. The van der Waals surface area contributed by atoms with Gasteiger partial charge in [-0.3, -0.25) is 0 Å². The van der Waals surface area contributed by atoms with Gasteiger partial charge in [0, 0.05) is 14.2 Å². The molecular weight excluding hydrogens is 324 g/mol. The molecule has 0 aliphatic rings. The van der Waals surface area contributed by atoms with E-state index in [-0.39, 0.29) is 0 Å². The summed E-state index contributed by atoms with van der Waals surface area (Å²) < 4.78 is 11.7. The molecule has 0 fully saturated rings. The van der Waals surface area contributed by atoms with Crippen molar-refractivity contribution in [2.75, 3.05) is 14.2 Å². The molecule has 0 radical (unpaired) electrons. The van der Waals surface area contributed by atoms with E-state index in [1.54, 1.807) is 0 Å². The molecule has 0 unspecified atom stereocenters. The lowest BCUT2D eigenvalue weighted by atomic mass is 10.1. The third kappa shape index (κ3) is 14.9. The normalized spacial score (nSPS) is 12.0. The lowest BCUT2D eigenvalue weighted by Gasteiger charge is -2.27. The molecule has 0 aromatic carbocycles. The van der Waals surface area contributed by atoms with Crippen LogP contribution in [-0.4, -0.2) is 22.8 Å². The topological polar surface area (TPSA) is 18.5 Å². The summed E-state index contributed by atoms with van der Waals surface area (Å²) in [6.45, 7) is 4.55. The highest BCUT2D eigenvalue weighted by molar-refractivity contribution is 6.67. The van der Waals surface area contributed by atoms with Crippen LogP contribution in [0.3, 0.4) is 0 Å². The van der Waals surface area contributed by atoms with Gasteiger partial charge >= 0.3 is 8.56 Å². The zero-order chi connectivity index (χ0) is 18.6. The maximum absolute atomic E-state index is 5.86. The molecule has 3 heteroatoms. The average Bonchev–Trinajstić information content (AvgIpc) is 2.64. The second-order valence-corrected chi connectivity index (χ2v) is 11.4. The predicted molar refractivity (Wildman–Crippen MR) is 115 cm³/mol. The van der Waals surface area contributed by atoms with E-state index in [4.69, 9.17) is 8.85 Å². The van der Waals surface area contributed by atoms with E-state index in [1.165, 1.54) is 115 Å². The van der Waals surface area contributed by atoms with Crippen molar-refractivity contribution in [3.05, 3.63) is 0 Å². The van der Waals surface area contributed by atoms with Crippen molar-refractivity contribution in [3.8, 4) is 0 Å². The Morgan fingerprint density at radius 1 is 0.440 bits per heavy atom. The first-order valence-electron chi connectivity index (χ1n) is 11.3. The first-order valence-corrected chi connectivity index (χ1v) is 13.6. The lowest BCUT2D eigenvalue weighted by Crippen LogP contribution is -2.39. The Bertz CT molecular complexity index is 254. The van der Waals surface area contributed by atoms with Crippen molar-refractivity contribution >= 4 is 8.56 Å². The fourth-order valence-corrected chi connectivity index (χ4v) is 6.48. The number of hydrogen-bond donors (Lipinski definition) is 0. The van der Waals surface area contributed by atoms with Gasteiger partial charge < -0.3 is 8.85 Å². The molecule has 0 atom stereocenters. The van der Waals surface area contributed by atoms with Crippen LogP contribution in [0, 0.1) is 0 Å². The van der Waals surface area contributed by atoms with Crippen molar-refractivity contribution in [1.82, 2.24) is 0 Å². The molecule has 0 saturated carbocycles. The van der Waals surface area contributed by atoms with Crippen molar-refractivity contribution < 1.29 is 8.85 Å². The van der Waals surface area contributed by atoms with Gasteiger partial charge in [-0.1, -0.05) is 117 Å². The monoisotopic (exact) mass is 372 g/mol. The molecule has 0 bridgehead atoms. The second kappa shape index (κ2) is 18.9. The molecule has 0 N–H and O–H groups in total. The first kappa shape index (κ1) is 25.1. The Kier molecular flexibility index (Phi) is 19.0. The number of hydrogen-bond acceptors (Lipinski definition) is 2. The molecule has 2 nitrogen and oxygen atoms in total. The fourth-order valence-electron chi connectivity index (χ4n) is 3.67. The smallest absolute Gasteiger partial charge is 0.337 e. The Labute approximate surface area is 160 Å². The lowest BCUT2D eigenvalue weighted by molar-refractivity contribution is 0.238. The predicted octanol–water partition coefficient (Wildman–Crippen LogP) is 8.00. The molecule has 0 aliphatic carbocycles. The zero-order valence-corrected chi connectivity index (χ0v) is 19.0. The average molecular weight is 373 g/mol. The van der Waals surface area contributed by atoms with Crippen LogP contribution in [0.15, 0.2) is 0 Å². The van der Waals surface area contributed by atoms with Gasteiger partial charge in [0.15, 0.2) is 0 Å². The van der Waals surface area contributed by atoms with E-state index in [1.807, 2.05) is 14.2 Å². The van der Waals surface area contributed by atoms with Gasteiger partial charge in [-0.15, -0.1) is 0 Å². The van der Waals surface area contributed by atoms with E-state index < -0.39 is 8.56 Å². The summed E-state index contributed by atoms with van der Waals surface area (Å²) in [6, 6.07) is 2.35. The third-order valence-electron chi connectivity index (χ3n) is 5.57. The summed E-state index contributed by atoms with van der Waals surface area (Å²) in [4.78, 5) is 0. The molecular formula is C22H48O2Si. The highest BCUT2D eigenvalue weighted by Crippen LogP contribution is 2.24. The minimum atomic E-state index is -1.88. The quantitative estimate of drug-likeness (QED) is 0.159. The largest absolute Gasteiger partial charge is 0.398 e. The van der Waals surface area contributed by atoms with E-state index >= 15 is 0 Å². The Hall–Kier alpha value is 0.137. The van der Waals surface area contributed by atoms with Crippen LogP contribution in [0.2, 0.25) is 12.1 Å². The molecule has 0 rings (SSSR count). The van der Waals surface area contributed by atoms with Crippen LogP contribution < -0.4 is 0 Å². The van der Waals surface area contributed by atoms with E-state index in [9.17, 15) is 0 Å². The van der Waals surface area contributed by atoms with Crippen LogP contribution >= 0.6 is 0 Å². The molecule has 0 saturated heterocycles. The molecule has 0 heterocycles. The van der Waals surface area contributed by atoms with Crippen LogP contribution in [-0.2, 0) is 8.85 Å². The van der Waals surface area contributed by atoms with Gasteiger partial charge in [-0.2, -0.15) is 0 Å². The highest BCUT2D eigenvalue weighted by Gasteiger charge is 2.33. The third-order valence-corrected chi connectivity index (χ3v) is 9.29. The summed E-state index contributed by atoms with van der Waals surface area (Å²) >= 11 is 0. The van der Waals surface area contributed by atoms with E-state index in [2.05, 4.69) is 13.8 Å². The van der Waals surface area contributed by atoms with Crippen molar-refractivity contribution in [2.24, 2.45) is 0 Å². The minimum Gasteiger partial charge on any atom is -0.398 e. The highest BCUT2D eigenvalue weighted by atomic mass is 28.4. The van der Waals surface area contributed by atoms with Gasteiger partial charge in [0.2, 0.25) is 0 Å². The maximum Gasteiger partial charge on any atom is 0.337 e. The Morgan fingerprint density at radius 3 is 1.08 bits per heavy atom. The van der Waals surface area contributed by atoms with Crippen LogP contribution in [0.5, 0.6) is 0 Å². The van der Waals surface area contributed by atoms with Gasteiger partial charge in [0.05, 0.1) is 0 Å². The summed E-state index contributed by atoms with van der Waals surface area (Å²) in [7, 11) is 1.85. The van der Waals surface area contributed by atoms with E-state index in [0.717, 1.165) is 0 Å².